The zero-order valence-corrected chi connectivity index (χ0v) is 5.23. The van der Waals surface area contributed by atoms with E-state index in [-0.39, 0.29) is 0 Å². The first-order chi connectivity index (χ1) is 4.52. The number of nitrogens with two attached hydrogens (primary N) is 1. The Morgan fingerprint density at radius 2 is 2.40 bits per heavy atom. The number of hydrogen-bond donors (Lipinski definition) is 2. The molecule has 1 amide bonds. The summed E-state index contributed by atoms with van der Waals surface area (Å²) in [4.78, 5) is 23.4. The molecule has 7 heteroatoms. The molecule has 1 atom stereocenters. The van der Waals surface area contributed by atoms with Gasteiger partial charge in [-0.15, -0.1) is 10.1 Å². The third kappa shape index (κ3) is 4.78. The van der Waals surface area contributed by atoms with E-state index in [9.17, 15) is 14.9 Å². The lowest BCUT2D eigenvalue weighted by molar-refractivity contribution is -0.769. The van der Waals surface area contributed by atoms with Crippen LogP contribution in [0.1, 0.15) is 6.92 Å². The first-order valence-corrected chi connectivity index (χ1v) is 2.36. The fraction of sp³-hybridized carbons (Fsp3) is 0.667. The summed E-state index contributed by atoms with van der Waals surface area (Å²) >= 11 is 0. The van der Waals surface area contributed by atoms with Crippen molar-refractivity contribution in [2.45, 2.75) is 13.3 Å². The van der Waals surface area contributed by atoms with Crippen LogP contribution in [0, 0.1) is 10.1 Å². The van der Waals surface area contributed by atoms with Crippen LogP contribution in [0.25, 0.3) is 0 Å². The van der Waals surface area contributed by atoms with E-state index in [0.29, 0.717) is 0 Å². The lowest BCUT2D eigenvalue weighted by atomic mass is 10.7. The van der Waals surface area contributed by atoms with Crippen molar-refractivity contribution in [1.82, 2.24) is 5.32 Å². The van der Waals surface area contributed by atoms with Gasteiger partial charge >= 0.3 is 0 Å². The number of rotatable bonds is 3. The molecule has 3 N–H and O–H groups in total. The molecule has 0 aliphatic heterocycles. The van der Waals surface area contributed by atoms with Crippen molar-refractivity contribution in [2.24, 2.45) is 5.73 Å². The Morgan fingerprint density at radius 1 is 1.90 bits per heavy atom. The molecule has 58 valence electrons. The Kier molecular flexibility index (Phi) is 3.12. The van der Waals surface area contributed by atoms with Gasteiger partial charge in [0.2, 0.25) is 12.3 Å². The Bertz CT molecular complexity index is 131. The molecular formula is C3H7N3O4. The molecule has 0 saturated heterocycles. The fourth-order valence-electron chi connectivity index (χ4n) is 0.319. The van der Waals surface area contributed by atoms with Gasteiger partial charge in [0.15, 0.2) is 0 Å². The van der Waals surface area contributed by atoms with Crippen LogP contribution < -0.4 is 11.1 Å². The van der Waals surface area contributed by atoms with Crippen LogP contribution in [0.5, 0.6) is 0 Å². The summed E-state index contributed by atoms with van der Waals surface area (Å²) in [7, 11) is 0. The van der Waals surface area contributed by atoms with Crippen molar-refractivity contribution in [3.05, 3.63) is 10.1 Å². The maximum atomic E-state index is 10.1. The largest absolute Gasteiger partial charge is 0.319 e. The highest BCUT2D eigenvalue weighted by atomic mass is 17.0. The minimum atomic E-state index is -1.38. The lowest BCUT2D eigenvalue weighted by Crippen LogP contribution is -2.43. The summed E-state index contributed by atoms with van der Waals surface area (Å²) in [5, 5.41) is 10.4. The maximum Gasteiger partial charge on any atom is 0.297 e. The fourth-order valence-corrected chi connectivity index (χ4v) is 0.319. The van der Waals surface area contributed by atoms with Gasteiger partial charge in [-0.1, -0.05) is 0 Å². The Hall–Kier alpha value is -1.37. The molecule has 10 heavy (non-hydrogen) atoms. The molecule has 0 rings (SSSR count). The van der Waals surface area contributed by atoms with Crippen molar-refractivity contribution >= 4 is 5.91 Å². The highest BCUT2D eigenvalue weighted by Crippen LogP contribution is 1.77. The number of carbonyl (C=O) groups is 1. The minimum absolute atomic E-state index is 0.491. The molecule has 0 aromatic heterocycles. The number of carbonyl (C=O) groups excluding carboxylic acids is 1. The van der Waals surface area contributed by atoms with E-state index in [0.717, 1.165) is 0 Å². The molecule has 0 bridgehead atoms. The average molecular weight is 149 g/mol. The van der Waals surface area contributed by atoms with Crippen LogP contribution in [0.2, 0.25) is 0 Å². The topological polar surface area (TPSA) is 107 Å². The van der Waals surface area contributed by atoms with E-state index in [2.05, 4.69) is 4.84 Å². The van der Waals surface area contributed by atoms with Gasteiger partial charge in [-0.3, -0.25) is 15.4 Å². The van der Waals surface area contributed by atoms with Crippen molar-refractivity contribution in [1.29, 1.82) is 0 Å². The smallest absolute Gasteiger partial charge is 0.297 e. The van der Waals surface area contributed by atoms with E-state index in [1.54, 1.807) is 0 Å². The predicted molar refractivity (Wildman–Crippen MR) is 29.9 cm³/mol. The SMILES string of the molecule is CC(=O)NC(N)O[N+](=O)[O-]. The molecule has 0 fully saturated rings. The van der Waals surface area contributed by atoms with Gasteiger partial charge in [-0.05, 0) is 0 Å². The molecule has 0 aliphatic carbocycles. The Balaban J connectivity index is 3.53. The third-order valence-corrected chi connectivity index (χ3v) is 0.545. The highest BCUT2D eigenvalue weighted by molar-refractivity contribution is 5.72. The number of amides is 1. The second-order valence-corrected chi connectivity index (χ2v) is 1.45. The zero-order valence-electron chi connectivity index (χ0n) is 5.23. The molecule has 0 aliphatic rings. The van der Waals surface area contributed by atoms with E-state index in [4.69, 9.17) is 5.73 Å². The van der Waals surface area contributed by atoms with Gasteiger partial charge < -0.3 is 5.32 Å². The standard InChI is InChI=1S/C3H7N3O4/c1-2(7)5-3(4)10-6(8)9/h3H,4H2,1H3,(H,5,7). The summed E-state index contributed by atoms with van der Waals surface area (Å²) < 4.78 is 0. The highest BCUT2D eigenvalue weighted by Gasteiger charge is 2.06. The number of nitrogens with zero attached hydrogens (tertiary/aromatic N) is 1. The molecule has 0 heterocycles. The van der Waals surface area contributed by atoms with Crippen LogP contribution in [-0.2, 0) is 9.63 Å². The first-order valence-electron chi connectivity index (χ1n) is 2.36. The third-order valence-electron chi connectivity index (χ3n) is 0.545. The summed E-state index contributed by atoms with van der Waals surface area (Å²) in [6, 6.07) is 0. The molecule has 7 nitrogen and oxygen atoms in total. The van der Waals surface area contributed by atoms with Crippen LogP contribution in [0.4, 0.5) is 0 Å². The second kappa shape index (κ2) is 3.62. The summed E-state index contributed by atoms with van der Waals surface area (Å²) in [6.07, 6.45) is -1.38. The van der Waals surface area contributed by atoms with Crippen LogP contribution >= 0.6 is 0 Å². The zero-order chi connectivity index (χ0) is 8.15. The molecule has 0 aromatic rings. The predicted octanol–water partition coefficient (Wildman–Crippen LogP) is -1.43. The number of hydrogen-bond acceptors (Lipinski definition) is 5. The second-order valence-electron chi connectivity index (χ2n) is 1.45. The molecule has 0 spiro atoms. The van der Waals surface area contributed by atoms with Gasteiger partial charge in [-0.2, -0.15) is 0 Å². The van der Waals surface area contributed by atoms with E-state index < -0.39 is 17.3 Å². The molecule has 1 unspecified atom stereocenters. The van der Waals surface area contributed by atoms with Gasteiger partial charge in [0.05, 0.1) is 0 Å². The van der Waals surface area contributed by atoms with E-state index in [1.165, 1.54) is 6.92 Å². The van der Waals surface area contributed by atoms with Crippen molar-refractivity contribution < 1.29 is 14.7 Å². The van der Waals surface area contributed by atoms with E-state index in [1.807, 2.05) is 5.32 Å². The first kappa shape index (κ1) is 8.63. The van der Waals surface area contributed by atoms with Gasteiger partial charge in [0.25, 0.3) is 5.09 Å². The van der Waals surface area contributed by atoms with Gasteiger partial charge in [0.1, 0.15) is 0 Å². The van der Waals surface area contributed by atoms with E-state index >= 15 is 0 Å². The molecular weight excluding hydrogens is 142 g/mol. The molecule has 0 aromatic carbocycles. The summed E-state index contributed by atoms with van der Waals surface area (Å²) in [5.41, 5.74) is 4.88. The summed E-state index contributed by atoms with van der Waals surface area (Å²) in [6.45, 7) is 1.17. The molecule has 0 radical (unpaired) electrons. The molecule has 0 saturated carbocycles. The van der Waals surface area contributed by atoms with Crippen molar-refractivity contribution in [3.63, 3.8) is 0 Å². The minimum Gasteiger partial charge on any atom is -0.319 e. The average Bonchev–Trinajstić information content (AvgIpc) is 1.58. The van der Waals surface area contributed by atoms with Crippen LogP contribution in [0.15, 0.2) is 0 Å². The Labute approximate surface area is 56.2 Å². The lowest BCUT2D eigenvalue weighted by Gasteiger charge is -2.08. The van der Waals surface area contributed by atoms with Gasteiger partial charge in [-0.25, -0.2) is 0 Å². The summed E-state index contributed by atoms with van der Waals surface area (Å²) in [5.74, 6) is -0.491. The van der Waals surface area contributed by atoms with Crippen LogP contribution in [0.3, 0.4) is 0 Å². The quantitative estimate of drug-likeness (QED) is 0.290. The maximum absolute atomic E-state index is 10.1. The van der Waals surface area contributed by atoms with Crippen molar-refractivity contribution in [2.75, 3.05) is 0 Å². The normalized spacial score (nSPS) is 11.8. The number of nitrogens with one attached hydrogen (secondary N) is 1. The Morgan fingerprint density at radius 3 is 2.70 bits per heavy atom. The van der Waals surface area contributed by atoms with Crippen molar-refractivity contribution in [3.8, 4) is 0 Å². The van der Waals surface area contributed by atoms with Gasteiger partial charge in [0, 0.05) is 6.92 Å². The monoisotopic (exact) mass is 149 g/mol. The van der Waals surface area contributed by atoms with Crippen LogP contribution in [-0.4, -0.2) is 17.3 Å².